The zero-order chi connectivity index (χ0) is 4.50. The molecule has 0 aromatic rings. The van der Waals surface area contributed by atoms with Crippen molar-refractivity contribution in [1.29, 1.82) is 0 Å². The molecule has 0 rings (SSSR count). The zero-order valence-electron chi connectivity index (χ0n) is 3.03. The van der Waals surface area contributed by atoms with E-state index in [-0.39, 0.29) is 34.7 Å². The Morgan fingerprint density at radius 3 is 1.14 bits per heavy atom. The van der Waals surface area contributed by atoms with Crippen molar-refractivity contribution >= 4 is 27.8 Å². The summed E-state index contributed by atoms with van der Waals surface area (Å²) in [6, 6.07) is 0. The van der Waals surface area contributed by atoms with Crippen LogP contribution >= 0.6 is 0 Å². The molecule has 4 nitrogen and oxygen atoms in total. The van der Waals surface area contributed by atoms with Crippen LogP contribution in [0.5, 0.6) is 0 Å². The van der Waals surface area contributed by atoms with Crippen LogP contribution in [0.25, 0.3) is 0 Å². The molecule has 0 aliphatic heterocycles. The predicted molar refractivity (Wildman–Crippen MR) is 16.2 cm³/mol. The molecule has 0 bridgehead atoms. The molecule has 0 atom stereocenters. The van der Waals surface area contributed by atoms with Crippen LogP contribution in [-0.4, -0.2) is 34.9 Å². The van der Waals surface area contributed by atoms with E-state index in [1.54, 1.807) is 0 Å². The van der Waals surface area contributed by atoms with Crippen molar-refractivity contribution in [3.8, 4) is 0 Å². The zero-order valence-corrected chi connectivity index (χ0v) is 6.27. The Morgan fingerprint density at radius 1 is 1.14 bits per heavy atom. The van der Waals surface area contributed by atoms with E-state index < -0.39 is 10.4 Å². The van der Waals surface area contributed by atoms with E-state index in [0.717, 1.165) is 0 Å². The first-order chi connectivity index (χ1) is 2.00. The molecule has 0 radical (unpaired) electrons. The Kier molecular flexibility index (Phi) is 11.4. The first kappa shape index (κ1) is 15.7. The quantitative estimate of drug-likeness (QED) is 0.249. The van der Waals surface area contributed by atoms with Crippen molar-refractivity contribution in [2.24, 2.45) is 0 Å². The minimum atomic E-state index is -5.17. The summed E-state index contributed by atoms with van der Waals surface area (Å²) in [5.41, 5.74) is 0. The van der Waals surface area contributed by atoms with Gasteiger partial charge >= 0.3 is 34.7 Å². The van der Waals surface area contributed by atoms with Crippen LogP contribution in [0.4, 0.5) is 0 Å². The van der Waals surface area contributed by atoms with Crippen LogP contribution in [-0.2, 0) is 27.8 Å². The fourth-order valence-electron chi connectivity index (χ4n) is 0. The Labute approximate surface area is 62.8 Å². The van der Waals surface area contributed by atoms with E-state index in [4.69, 9.17) is 17.5 Å². The van der Waals surface area contributed by atoms with Gasteiger partial charge in [-0.25, -0.2) is 0 Å². The van der Waals surface area contributed by atoms with Crippen molar-refractivity contribution in [1.82, 2.24) is 0 Å². The molecule has 0 aliphatic carbocycles. The molecule has 0 fully saturated rings. The maximum atomic E-state index is 8.52. The van der Waals surface area contributed by atoms with Gasteiger partial charge in [-0.15, -0.1) is 0 Å². The second kappa shape index (κ2) is 5.08. The standard InChI is InChI=1S/Al.Cr.H2O4S/c;;1-5(2,3)4/h;;(H2,1,2,3,4)/q+3;+2;/p-2. The van der Waals surface area contributed by atoms with Gasteiger partial charge in [0.05, 0.1) is 0 Å². The van der Waals surface area contributed by atoms with Crippen LogP contribution in [0.1, 0.15) is 0 Å². The van der Waals surface area contributed by atoms with Gasteiger partial charge in [0, 0.05) is 10.4 Å². The van der Waals surface area contributed by atoms with Crippen LogP contribution < -0.4 is 0 Å². The largest absolute Gasteiger partial charge is 3.00 e. The molecule has 0 heterocycles. The van der Waals surface area contributed by atoms with Crippen LogP contribution in [0, 0.1) is 0 Å². The summed E-state index contributed by atoms with van der Waals surface area (Å²) in [6.45, 7) is 0. The number of rotatable bonds is 0. The summed E-state index contributed by atoms with van der Waals surface area (Å²) in [5.74, 6) is 0. The van der Waals surface area contributed by atoms with Crippen molar-refractivity contribution in [3.05, 3.63) is 0 Å². The Balaban J connectivity index is -0.0000000800. The van der Waals surface area contributed by atoms with Gasteiger partial charge in [0.15, 0.2) is 0 Å². The minimum absolute atomic E-state index is 0. The monoisotopic (exact) mass is 175 g/mol. The van der Waals surface area contributed by atoms with Crippen molar-refractivity contribution in [2.45, 2.75) is 0 Å². The number of hydrogen-bond acceptors (Lipinski definition) is 4. The van der Waals surface area contributed by atoms with Gasteiger partial charge in [0.1, 0.15) is 0 Å². The third-order valence-corrected chi connectivity index (χ3v) is 0. The first-order valence-corrected chi connectivity index (χ1v) is 2.00. The van der Waals surface area contributed by atoms with Gasteiger partial charge in [-0.2, -0.15) is 0 Å². The van der Waals surface area contributed by atoms with Gasteiger partial charge < -0.3 is 9.11 Å². The molecule has 0 N–H and O–H groups in total. The molecule has 0 spiro atoms. The summed E-state index contributed by atoms with van der Waals surface area (Å²) in [7, 11) is -5.17. The average molecular weight is 175 g/mol. The van der Waals surface area contributed by atoms with E-state index in [1.165, 1.54) is 0 Å². The maximum absolute atomic E-state index is 8.52. The summed E-state index contributed by atoms with van der Waals surface area (Å²) in [5, 5.41) is 0. The normalized spacial score (nSPS) is 8.29. The molecule has 0 saturated carbocycles. The molecular formula is AlCrO4S+3. The summed E-state index contributed by atoms with van der Waals surface area (Å²) < 4.78 is 34.1. The van der Waals surface area contributed by atoms with Gasteiger partial charge in [-0.05, 0) is 0 Å². The smallest absolute Gasteiger partial charge is 0.759 e. The average Bonchev–Trinajstić information content (AvgIpc) is 0.722. The summed E-state index contributed by atoms with van der Waals surface area (Å²) in [4.78, 5) is 0. The van der Waals surface area contributed by atoms with Crippen molar-refractivity contribution in [3.63, 3.8) is 0 Å². The molecular weight excluding hydrogens is 175 g/mol. The Bertz CT molecular complexity index is 94.9. The molecule has 7 heavy (non-hydrogen) atoms. The van der Waals surface area contributed by atoms with Gasteiger partial charge in [0.25, 0.3) is 0 Å². The number of hydrogen-bond donors (Lipinski definition) is 0. The molecule has 0 unspecified atom stereocenters. The topological polar surface area (TPSA) is 80.3 Å². The van der Waals surface area contributed by atoms with Crippen molar-refractivity contribution in [2.75, 3.05) is 0 Å². The molecule has 0 aliphatic rings. The van der Waals surface area contributed by atoms with Crippen LogP contribution in [0.15, 0.2) is 0 Å². The Hall–Kier alpha value is 0.935. The maximum Gasteiger partial charge on any atom is 3.00 e. The van der Waals surface area contributed by atoms with E-state index in [9.17, 15) is 0 Å². The first-order valence-electron chi connectivity index (χ1n) is 0.667. The SMILES string of the molecule is O=S(=O)([O-])[O-].[Al+3].[Cr+2]. The summed E-state index contributed by atoms with van der Waals surface area (Å²) >= 11 is 0. The Morgan fingerprint density at radius 2 is 1.14 bits per heavy atom. The molecule has 0 amide bonds. The van der Waals surface area contributed by atoms with E-state index in [2.05, 4.69) is 0 Å². The second-order valence-electron chi connectivity index (χ2n) is 0.408. The third kappa shape index (κ3) is 193. The van der Waals surface area contributed by atoms with E-state index in [0.29, 0.717) is 0 Å². The van der Waals surface area contributed by atoms with Crippen LogP contribution in [0.3, 0.4) is 0 Å². The molecule has 0 aromatic heterocycles. The third-order valence-electron chi connectivity index (χ3n) is 0. The van der Waals surface area contributed by atoms with Gasteiger partial charge in [-0.3, -0.25) is 8.42 Å². The fraction of sp³-hybridized carbons (Fsp3) is 0. The second-order valence-corrected chi connectivity index (χ2v) is 1.22. The molecule has 7 heteroatoms. The molecule has 36 valence electrons. The molecule has 0 aromatic carbocycles. The molecule has 0 saturated heterocycles. The minimum Gasteiger partial charge on any atom is -0.759 e. The fourth-order valence-corrected chi connectivity index (χ4v) is 0. The van der Waals surface area contributed by atoms with Crippen LogP contribution in [0.2, 0.25) is 0 Å². The van der Waals surface area contributed by atoms with E-state index in [1.807, 2.05) is 0 Å². The van der Waals surface area contributed by atoms with E-state index >= 15 is 0 Å². The summed E-state index contributed by atoms with van der Waals surface area (Å²) in [6.07, 6.45) is 0. The predicted octanol–water partition coefficient (Wildman–Crippen LogP) is -1.72. The van der Waals surface area contributed by atoms with Gasteiger partial charge in [-0.1, -0.05) is 0 Å². The van der Waals surface area contributed by atoms with Crippen molar-refractivity contribution < 1.29 is 34.9 Å². The van der Waals surface area contributed by atoms with Gasteiger partial charge in [0.2, 0.25) is 0 Å².